The fraction of sp³-hybridized carbons (Fsp3) is 0.933. The van der Waals surface area contributed by atoms with Crippen LogP contribution in [0.1, 0.15) is 52.9 Å². The molecule has 1 aliphatic heterocycles. The van der Waals surface area contributed by atoms with Gasteiger partial charge >= 0.3 is 6.09 Å². The van der Waals surface area contributed by atoms with Crippen LogP contribution in [0.25, 0.3) is 0 Å². The van der Waals surface area contributed by atoms with Gasteiger partial charge in [-0.1, -0.05) is 0 Å². The van der Waals surface area contributed by atoms with Crippen LogP contribution in [-0.4, -0.2) is 53.0 Å². The van der Waals surface area contributed by atoms with E-state index < -0.39 is 5.60 Å². The Labute approximate surface area is 121 Å². The van der Waals surface area contributed by atoms with E-state index in [4.69, 9.17) is 4.74 Å². The number of nitrogens with one attached hydrogen (secondary N) is 1. The average Bonchev–Trinajstić information content (AvgIpc) is 2.75. The third-order valence-electron chi connectivity index (χ3n) is 4.15. The van der Waals surface area contributed by atoms with Gasteiger partial charge in [-0.2, -0.15) is 0 Å². The van der Waals surface area contributed by atoms with Crippen molar-refractivity contribution >= 4 is 6.09 Å². The Kier molecular flexibility index (Phi) is 4.91. The minimum absolute atomic E-state index is 0.148. The van der Waals surface area contributed by atoms with Crippen LogP contribution in [-0.2, 0) is 4.74 Å². The number of aliphatic hydroxyl groups is 1. The van der Waals surface area contributed by atoms with Crippen molar-refractivity contribution < 1.29 is 14.6 Å². The zero-order valence-electron chi connectivity index (χ0n) is 12.9. The van der Waals surface area contributed by atoms with Crippen molar-refractivity contribution in [2.24, 2.45) is 0 Å². The normalized spacial score (nSPS) is 29.4. The number of alkyl carbamates (subject to hydrolysis) is 1. The molecule has 0 aromatic heterocycles. The molecule has 0 radical (unpaired) electrons. The van der Waals surface area contributed by atoms with Crippen molar-refractivity contribution in [2.45, 2.75) is 76.7 Å². The summed E-state index contributed by atoms with van der Waals surface area (Å²) in [5.41, 5.74) is -0.451. The van der Waals surface area contributed by atoms with Crippen LogP contribution in [0.5, 0.6) is 0 Å². The highest BCUT2D eigenvalue weighted by Gasteiger charge is 2.35. The van der Waals surface area contributed by atoms with Gasteiger partial charge in [0.15, 0.2) is 0 Å². The molecule has 5 heteroatoms. The number of hydrogen-bond acceptors (Lipinski definition) is 4. The van der Waals surface area contributed by atoms with Crippen molar-refractivity contribution in [2.75, 3.05) is 13.1 Å². The van der Waals surface area contributed by atoms with E-state index in [9.17, 15) is 9.90 Å². The molecule has 20 heavy (non-hydrogen) atoms. The summed E-state index contributed by atoms with van der Waals surface area (Å²) >= 11 is 0. The molecule has 1 saturated carbocycles. The van der Waals surface area contributed by atoms with E-state index in [1.165, 1.54) is 0 Å². The highest BCUT2D eigenvalue weighted by molar-refractivity contribution is 5.68. The van der Waals surface area contributed by atoms with Crippen LogP contribution in [0.15, 0.2) is 0 Å². The maximum atomic E-state index is 11.9. The zero-order chi connectivity index (χ0) is 14.8. The Morgan fingerprint density at radius 2 is 1.85 bits per heavy atom. The topological polar surface area (TPSA) is 61.8 Å². The Morgan fingerprint density at radius 3 is 2.45 bits per heavy atom. The van der Waals surface area contributed by atoms with E-state index in [1.54, 1.807) is 0 Å². The van der Waals surface area contributed by atoms with E-state index in [2.05, 4.69) is 10.2 Å². The second kappa shape index (κ2) is 6.31. The molecule has 1 heterocycles. The lowest BCUT2D eigenvalue weighted by Gasteiger charge is -2.37. The average molecular weight is 284 g/mol. The van der Waals surface area contributed by atoms with Gasteiger partial charge in [-0.3, -0.25) is 4.90 Å². The maximum absolute atomic E-state index is 11.9. The smallest absolute Gasteiger partial charge is 0.407 e. The molecule has 2 N–H and O–H groups in total. The lowest BCUT2D eigenvalue weighted by atomic mass is 10.0. The molecule has 0 aromatic carbocycles. The van der Waals surface area contributed by atoms with Crippen LogP contribution in [0.2, 0.25) is 0 Å². The van der Waals surface area contributed by atoms with Crippen molar-refractivity contribution in [1.82, 2.24) is 10.2 Å². The van der Waals surface area contributed by atoms with Gasteiger partial charge in [-0.25, -0.2) is 4.79 Å². The zero-order valence-corrected chi connectivity index (χ0v) is 12.9. The largest absolute Gasteiger partial charge is 0.444 e. The lowest BCUT2D eigenvalue weighted by molar-refractivity contribution is 0.0383. The molecule has 2 fully saturated rings. The second-order valence-electron chi connectivity index (χ2n) is 7.02. The third kappa shape index (κ3) is 4.35. The Morgan fingerprint density at radius 1 is 1.20 bits per heavy atom. The Balaban J connectivity index is 1.86. The van der Waals surface area contributed by atoms with Gasteiger partial charge in [-0.05, 0) is 52.9 Å². The molecular formula is C15H28N2O3. The van der Waals surface area contributed by atoms with Gasteiger partial charge in [0, 0.05) is 25.2 Å². The maximum Gasteiger partial charge on any atom is 0.407 e. The summed E-state index contributed by atoms with van der Waals surface area (Å²) in [7, 11) is 0. The van der Waals surface area contributed by atoms with E-state index in [0.717, 1.165) is 45.2 Å². The third-order valence-corrected chi connectivity index (χ3v) is 4.15. The summed E-state index contributed by atoms with van der Waals surface area (Å²) < 4.78 is 5.34. The first-order valence-corrected chi connectivity index (χ1v) is 7.77. The minimum atomic E-state index is -0.451. The number of aliphatic hydroxyl groups excluding tert-OH is 1. The van der Waals surface area contributed by atoms with Gasteiger partial charge in [0.25, 0.3) is 0 Å². The summed E-state index contributed by atoms with van der Waals surface area (Å²) in [4.78, 5) is 14.3. The number of hydrogen-bond donors (Lipinski definition) is 2. The van der Waals surface area contributed by atoms with Gasteiger partial charge in [0.05, 0.1) is 6.10 Å². The number of carbonyl (C=O) groups is 1. The molecule has 2 unspecified atom stereocenters. The number of likely N-dealkylation sites (tertiary alicyclic amines) is 1. The van der Waals surface area contributed by atoms with Gasteiger partial charge in [-0.15, -0.1) is 0 Å². The molecule has 116 valence electrons. The molecule has 0 aromatic rings. The molecule has 2 rings (SSSR count). The minimum Gasteiger partial charge on any atom is -0.444 e. The molecule has 1 aliphatic carbocycles. The fourth-order valence-corrected chi connectivity index (χ4v) is 3.22. The Bertz CT molecular complexity index is 333. The van der Waals surface area contributed by atoms with Crippen LogP contribution >= 0.6 is 0 Å². The molecule has 0 spiro atoms. The van der Waals surface area contributed by atoms with Crippen LogP contribution in [0, 0.1) is 0 Å². The molecule has 1 amide bonds. The predicted molar refractivity (Wildman–Crippen MR) is 77.6 cm³/mol. The Hall–Kier alpha value is -0.810. The number of amides is 1. The highest BCUT2D eigenvalue weighted by atomic mass is 16.6. The van der Waals surface area contributed by atoms with Gasteiger partial charge in [0.1, 0.15) is 5.60 Å². The summed E-state index contributed by atoms with van der Waals surface area (Å²) in [6, 6.07) is 0.579. The van der Waals surface area contributed by atoms with E-state index in [1.807, 2.05) is 20.8 Å². The molecule has 5 nitrogen and oxygen atoms in total. The molecule has 0 bridgehead atoms. The second-order valence-corrected chi connectivity index (χ2v) is 7.02. The SMILES string of the molecule is CC(C)(C)OC(=O)NC1CCCC1N1CCC(O)CC1. The summed E-state index contributed by atoms with van der Waals surface area (Å²) in [6.45, 7) is 7.50. The van der Waals surface area contributed by atoms with E-state index >= 15 is 0 Å². The van der Waals surface area contributed by atoms with Gasteiger partial charge < -0.3 is 15.2 Å². The number of piperidine rings is 1. The number of nitrogens with zero attached hydrogens (tertiary/aromatic N) is 1. The molecule has 1 saturated heterocycles. The van der Waals surface area contributed by atoms with Crippen LogP contribution in [0.3, 0.4) is 0 Å². The monoisotopic (exact) mass is 284 g/mol. The number of ether oxygens (including phenoxy) is 1. The fourth-order valence-electron chi connectivity index (χ4n) is 3.22. The standard InChI is InChI=1S/C15H28N2O3/c1-15(2,3)20-14(19)16-12-5-4-6-13(12)17-9-7-11(18)8-10-17/h11-13,18H,4-10H2,1-3H3,(H,16,19). The quantitative estimate of drug-likeness (QED) is 0.813. The van der Waals surface area contributed by atoms with E-state index in [-0.39, 0.29) is 18.2 Å². The van der Waals surface area contributed by atoms with Crippen molar-refractivity contribution in [1.29, 1.82) is 0 Å². The van der Waals surface area contributed by atoms with Crippen LogP contribution < -0.4 is 5.32 Å². The predicted octanol–water partition coefficient (Wildman–Crippen LogP) is 1.89. The lowest BCUT2D eigenvalue weighted by Crippen LogP contribution is -2.52. The van der Waals surface area contributed by atoms with Crippen molar-refractivity contribution in [3.8, 4) is 0 Å². The summed E-state index contributed by atoms with van der Waals surface area (Å²) in [5.74, 6) is 0. The first kappa shape index (κ1) is 15.6. The first-order chi connectivity index (χ1) is 9.35. The van der Waals surface area contributed by atoms with Crippen molar-refractivity contribution in [3.05, 3.63) is 0 Å². The number of carbonyl (C=O) groups excluding carboxylic acids is 1. The summed E-state index contributed by atoms with van der Waals surface area (Å²) in [6.07, 6.45) is 4.51. The molecule has 2 aliphatic rings. The first-order valence-electron chi connectivity index (χ1n) is 7.77. The highest BCUT2D eigenvalue weighted by Crippen LogP contribution is 2.27. The number of rotatable bonds is 2. The summed E-state index contributed by atoms with van der Waals surface area (Å²) in [5, 5.41) is 12.6. The van der Waals surface area contributed by atoms with Gasteiger partial charge in [0.2, 0.25) is 0 Å². The van der Waals surface area contributed by atoms with E-state index in [0.29, 0.717) is 6.04 Å². The molecule has 2 atom stereocenters. The van der Waals surface area contributed by atoms with Crippen LogP contribution in [0.4, 0.5) is 4.79 Å². The molecular weight excluding hydrogens is 256 g/mol. The van der Waals surface area contributed by atoms with Crippen molar-refractivity contribution in [3.63, 3.8) is 0 Å².